The summed E-state index contributed by atoms with van der Waals surface area (Å²) in [7, 11) is 0. The van der Waals surface area contributed by atoms with E-state index in [0.717, 1.165) is 27.9 Å². The Hall–Kier alpha value is -4.72. The highest BCUT2D eigenvalue weighted by molar-refractivity contribution is 7.80. The molecule has 0 spiro atoms. The Morgan fingerprint density at radius 3 is 2.09 bits per heavy atom. The summed E-state index contributed by atoms with van der Waals surface area (Å²) in [4.78, 5) is 2.02. The van der Waals surface area contributed by atoms with Crippen molar-refractivity contribution >= 4 is 23.0 Å². The molecular weight excluding hydrogens is 559 g/mol. The van der Waals surface area contributed by atoms with E-state index in [1.54, 1.807) is 36.4 Å². The minimum Gasteiger partial charge on any atom is -0.508 e. The maximum absolute atomic E-state index is 13.4. The van der Waals surface area contributed by atoms with Gasteiger partial charge in [0.05, 0.1) is 18.2 Å². The molecule has 4 N–H and O–H groups in total. The van der Waals surface area contributed by atoms with Gasteiger partial charge in [-0.3, -0.25) is 0 Å². The molecule has 5 aromatic rings. The van der Waals surface area contributed by atoms with Crippen LogP contribution >= 0.6 is 12.2 Å². The molecule has 5 nitrogen and oxygen atoms in total. The van der Waals surface area contributed by atoms with Crippen LogP contribution in [-0.4, -0.2) is 26.5 Å². The number of hydrogen-bond donors (Lipinski definition) is 4. The number of hydrogen-bond acceptors (Lipinski definition) is 4. The average Bonchev–Trinajstić information content (AvgIpc) is 3.36. The fourth-order valence-electron chi connectivity index (χ4n) is 5.77. The lowest BCUT2D eigenvalue weighted by atomic mass is 9.91. The molecule has 0 radical (unpaired) electrons. The molecule has 1 saturated heterocycles. The quantitative estimate of drug-likeness (QED) is 0.138. The van der Waals surface area contributed by atoms with Crippen molar-refractivity contribution in [3.8, 4) is 33.8 Å². The van der Waals surface area contributed by atoms with E-state index in [1.165, 1.54) is 12.1 Å². The van der Waals surface area contributed by atoms with E-state index in [-0.39, 0.29) is 29.4 Å². The number of nitrogens with zero attached hydrogens (tertiary/aromatic N) is 1. The fourth-order valence-corrected chi connectivity index (χ4v) is 6.14. The SMILES string of the molecule is Oc1cccc(-c2ccc(C3C(CCC(O)c4ccc(F)cc4)NC(=S)N3c3ccc(-c4ccccc4)cc3)c(O)c2)c1. The Bertz CT molecular complexity index is 1730. The molecule has 0 aliphatic carbocycles. The van der Waals surface area contributed by atoms with Crippen LogP contribution in [0.15, 0.2) is 121 Å². The van der Waals surface area contributed by atoms with Crippen molar-refractivity contribution < 1.29 is 19.7 Å². The standard InChI is InChI=1S/C36H31FN2O3S/c37-28-14-9-25(10-15-28)33(41)20-19-32-35(31-18-13-27(22-34(31)42)26-7-4-8-30(40)21-26)39(36(43)38-32)29-16-11-24(12-17-29)23-5-2-1-3-6-23/h1-18,21-22,32-33,35,40-42H,19-20H2,(H,38,43). The monoisotopic (exact) mass is 590 g/mol. The van der Waals surface area contributed by atoms with Gasteiger partial charge < -0.3 is 25.5 Å². The second-order valence-electron chi connectivity index (χ2n) is 10.8. The second kappa shape index (κ2) is 12.3. The number of phenolic OH excluding ortho intramolecular Hbond substituents is 2. The molecule has 1 fully saturated rings. The number of phenols is 2. The average molecular weight is 591 g/mol. The number of aliphatic hydroxyl groups is 1. The van der Waals surface area contributed by atoms with Crippen LogP contribution in [0, 0.1) is 5.82 Å². The summed E-state index contributed by atoms with van der Waals surface area (Å²) in [5, 5.41) is 36.2. The summed E-state index contributed by atoms with van der Waals surface area (Å²) < 4.78 is 13.4. The first-order chi connectivity index (χ1) is 20.9. The van der Waals surface area contributed by atoms with E-state index in [1.807, 2.05) is 53.4 Å². The van der Waals surface area contributed by atoms with Gasteiger partial charge in [0.25, 0.3) is 0 Å². The van der Waals surface area contributed by atoms with Crippen LogP contribution in [0.5, 0.6) is 11.5 Å². The predicted octanol–water partition coefficient (Wildman–Crippen LogP) is 7.89. The van der Waals surface area contributed by atoms with Gasteiger partial charge in [-0.05, 0) is 95.3 Å². The minimum absolute atomic E-state index is 0.104. The molecule has 1 aliphatic heterocycles. The van der Waals surface area contributed by atoms with Crippen molar-refractivity contribution in [3.05, 3.63) is 138 Å². The molecular formula is C36H31FN2O3S. The van der Waals surface area contributed by atoms with Gasteiger partial charge in [0, 0.05) is 11.3 Å². The van der Waals surface area contributed by atoms with Gasteiger partial charge in [-0.1, -0.05) is 78.9 Å². The number of halogens is 1. The first-order valence-corrected chi connectivity index (χ1v) is 14.6. The van der Waals surface area contributed by atoms with Crippen LogP contribution in [0.4, 0.5) is 10.1 Å². The zero-order valence-electron chi connectivity index (χ0n) is 23.3. The third-order valence-corrected chi connectivity index (χ3v) is 8.29. The van der Waals surface area contributed by atoms with Crippen LogP contribution in [-0.2, 0) is 0 Å². The Kier molecular flexibility index (Phi) is 8.09. The molecule has 43 heavy (non-hydrogen) atoms. The van der Waals surface area contributed by atoms with Crippen LogP contribution in [0.3, 0.4) is 0 Å². The number of aliphatic hydroxyl groups excluding tert-OH is 1. The van der Waals surface area contributed by atoms with Crippen molar-refractivity contribution in [1.82, 2.24) is 5.32 Å². The first-order valence-electron chi connectivity index (χ1n) is 14.2. The van der Waals surface area contributed by atoms with E-state index in [0.29, 0.717) is 29.1 Å². The Labute approximate surface area is 255 Å². The third-order valence-electron chi connectivity index (χ3n) is 7.97. The Morgan fingerprint density at radius 2 is 1.40 bits per heavy atom. The van der Waals surface area contributed by atoms with Crippen molar-refractivity contribution in [1.29, 1.82) is 0 Å². The van der Waals surface area contributed by atoms with Crippen LogP contribution < -0.4 is 10.2 Å². The molecule has 0 bridgehead atoms. The number of nitrogens with one attached hydrogen (secondary N) is 1. The Balaban J connectivity index is 1.33. The largest absolute Gasteiger partial charge is 0.508 e. The topological polar surface area (TPSA) is 76.0 Å². The number of rotatable bonds is 8. The summed E-state index contributed by atoms with van der Waals surface area (Å²) in [6.07, 6.45) is 0.165. The van der Waals surface area contributed by atoms with Crippen molar-refractivity contribution in [2.24, 2.45) is 0 Å². The lowest BCUT2D eigenvalue weighted by Gasteiger charge is -2.29. The van der Waals surface area contributed by atoms with Gasteiger partial charge >= 0.3 is 0 Å². The van der Waals surface area contributed by atoms with E-state index in [9.17, 15) is 19.7 Å². The molecule has 6 rings (SSSR count). The van der Waals surface area contributed by atoms with Crippen molar-refractivity contribution in [3.63, 3.8) is 0 Å². The number of anilines is 1. The van der Waals surface area contributed by atoms with Gasteiger partial charge in [0.15, 0.2) is 5.11 Å². The van der Waals surface area contributed by atoms with E-state index in [4.69, 9.17) is 12.2 Å². The maximum atomic E-state index is 13.4. The van der Waals surface area contributed by atoms with Crippen LogP contribution in [0.1, 0.15) is 36.1 Å². The first kappa shape index (κ1) is 28.4. The zero-order chi connectivity index (χ0) is 29.9. The smallest absolute Gasteiger partial charge is 0.174 e. The molecule has 0 amide bonds. The molecule has 5 aromatic carbocycles. The van der Waals surface area contributed by atoms with Gasteiger partial charge in [-0.15, -0.1) is 0 Å². The van der Waals surface area contributed by atoms with E-state index in [2.05, 4.69) is 29.6 Å². The molecule has 1 aliphatic rings. The van der Waals surface area contributed by atoms with Gasteiger partial charge in [0.2, 0.25) is 0 Å². The Morgan fingerprint density at radius 1 is 0.744 bits per heavy atom. The molecule has 0 aromatic heterocycles. The summed E-state index contributed by atoms with van der Waals surface area (Å²) in [5.41, 5.74) is 5.95. The lowest BCUT2D eigenvalue weighted by Crippen LogP contribution is -2.29. The van der Waals surface area contributed by atoms with Crippen LogP contribution in [0.2, 0.25) is 0 Å². The van der Waals surface area contributed by atoms with E-state index >= 15 is 0 Å². The summed E-state index contributed by atoms with van der Waals surface area (Å²) in [6.45, 7) is 0. The predicted molar refractivity (Wildman–Crippen MR) is 172 cm³/mol. The highest BCUT2D eigenvalue weighted by atomic mass is 32.1. The zero-order valence-corrected chi connectivity index (χ0v) is 24.1. The number of thiocarbonyl (C=S) groups is 1. The molecule has 216 valence electrons. The molecule has 7 heteroatoms. The molecule has 0 saturated carbocycles. The van der Waals surface area contributed by atoms with Gasteiger partial charge in [-0.2, -0.15) is 0 Å². The molecule has 1 heterocycles. The fraction of sp³-hybridized carbons (Fsp3) is 0.139. The van der Waals surface area contributed by atoms with Crippen molar-refractivity contribution in [2.45, 2.75) is 31.0 Å². The number of aromatic hydroxyl groups is 2. The van der Waals surface area contributed by atoms with Gasteiger partial charge in [0.1, 0.15) is 17.3 Å². The lowest BCUT2D eigenvalue weighted by molar-refractivity contribution is 0.159. The highest BCUT2D eigenvalue weighted by Crippen LogP contribution is 2.42. The maximum Gasteiger partial charge on any atom is 0.174 e. The normalized spacial score (nSPS) is 17.1. The molecule has 3 unspecified atom stereocenters. The molecule has 3 atom stereocenters. The minimum atomic E-state index is -0.780. The number of benzene rings is 5. The summed E-state index contributed by atoms with van der Waals surface area (Å²) in [6, 6.07) is 36.0. The van der Waals surface area contributed by atoms with Crippen molar-refractivity contribution in [2.75, 3.05) is 4.90 Å². The third kappa shape index (κ3) is 6.09. The van der Waals surface area contributed by atoms with Crippen LogP contribution in [0.25, 0.3) is 22.3 Å². The highest BCUT2D eigenvalue weighted by Gasteiger charge is 2.40. The second-order valence-corrected chi connectivity index (χ2v) is 11.1. The van der Waals surface area contributed by atoms with E-state index < -0.39 is 6.10 Å². The summed E-state index contributed by atoms with van der Waals surface area (Å²) >= 11 is 5.85. The van der Waals surface area contributed by atoms with Gasteiger partial charge in [-0.25, -0.2) is 4.39 Å². The summed E-state index contributed by atoms with van der Waals surface area (Å²) in [5.74, 6) is -0.0963.